The first-order chi connectivity index (χ1) is 30.0. The van der Waals surface area contributed by atoms with Gasteiger partial charge in [0.1, 0.15) is 6.10 Å². The maximum atomic E-state index is 13.2. The number of aliphatic hydroxyl groups is 2. The van der Waals surface area contributed by atoms with E-state index < -0.39 is 18.2 Å². The second-order valence-electron chi connectivity index (χ2n) is 18.3. The van der Waals surface area contributed by atoms with Gasteiger partial charge in [0, 0.05) is 6.42 Å². The fourth-order valence-corrected chi connectivity index (χ4v) is 8.21. The van der Waals surface area contributed by atoms with Gasteiger partial charge in [0.2, 0.25) is 5.91 Å². The normalized spacial score (nSPS) is 13.5. The Hall–Kier alpha value is -1.92. The summed E-state index contributed by atoms with van der Waals surface area (Å²) in [5, 5.41) is 23.7. The van der Waals surface area contributed by atoms with Crippen LogP contribution in [0.2, 0.25) is 0 Å². The van der Waals surface area contributed by atoms with Crippen LogP contribution in [0.3, 0.4) is 0 Å². The van der Waals surface area contributed by atoms with Crippen molar-refractivity contribution >= 4 is 11.9 Å². The van der Waals surface area contributed by atoms with Crippen molar-refractivity contribution in [2.75, 3.05) is 6.61 Å². The Labute approximate surface area is 379 Å². The van der Waals surface area contributed by atoms with Gasteiger partial charge in [0.25, 0.3) is 0 Å². The standard InChI is InChI=1S/C55H103NO5/c1-4-7-10-13-16-19-21-23-25-27-28-30-32-35-37-40-43-46-51(49-54(59)56-52(50-57)53(58)47-44-41-38-34-18-15-12-9-6-3)61-55(60)48-45-42-39-36-33-31-29-26-24-22-20-17-14-11-8-5-2/h8,11,17,20,24,26,51-53,57-58H,4-7,9-10,12-16,18-19,21-23,25,27-50H2,1-3H3,(H,56,59)/b11-8+,20-17+,26-24+. The van der Waals surface area contributed by atoms with Crippen molar-refractivity contribution in [2.24, 2.45) is 0 Å². The summed E-state index contributed by atoms with van der Waals surface area (Å²) < 4.78 is 5.94. The molecule has 3 N–H and O–H groups in total. The van der Waals surface area contributed by atoms with Crippen molar-refractivity contribution in [3.63, 3.8) is 0 Å². The summed E-state index contributed by atoms with van der Waals surface area (Å²) in [6.07, 6.45) is 57.8. The van der Waals surface area contributed by atoms with Crippen LogP contribution in [0.1, 0.15) is 278 Å². The minimum Gasteiger partial charge on any atom is -0.462 e. The highest BCUT2D eigenvalue weighted by Crippen LogP contribution is 2.18. The van der Waals surface area contributed by atoms with Crippen LogP contribution < -0.4 is 5.32 Å². The lowest BCUT2D eigenvalue weighted by atomic mass is 10.0. The molecular formula is C55H103NO5. The molecule has 0 spiro atoms. The Bertz CT molecular complexity index is 1010. The molecule has 0 fully saturated rings. The third-order valence-electron chi connectivity index (χ3n) is 12.2. The van der Waals surface area contributed by atoms with Crippen molar-refractivity contribution in [1.29, 1.82) is 0 Å². The number of carbonyl (C=O) groups is 2. The third kappa shape index (κ3) is 44.5. The first kappa shape index (κ1) is 59.1. The Balaban J connectivity index is 4.54. The molecule has 3 unspecified atom stereocenters. The Morgan fingerprint density at radius 3 is 1.34 bits per heavy atom. The van der Waals surface area contributed by atoms with Crippen molar-refractivity contribution in [2.45, 2.75) is 296 Å². The second kappa shape index (κ2) is 49.1. The molecule has 3 atom stereocenters. The largest absolute Gasteiger partial charge is 0.462 e. The first-order valence-corrected chi connectivity index (χ1v) is 26.7. The van der Waals surface area contributed by atoms with Gasteiger partial charge in [-0.1, -0.05) is 243 Å². The number of unbranched alkanes of at least 4 members (excludes halogenated alkanes) is 30. The number of esters is 1. The molecule has 0 aromatic rings. The SMILES string of the molecule is CC/C=C/C/C=C/C/C=C/CCCCCCCCC(=O)OC(CCCCCCCCCCCCCCCCCCC)CC(=O)NC(CO)C(O)CCCCCCCCCCC. The van der Waals surface area contributed by atoms with E-state index in [-0.39, 0.29) is 24.9 Å². The van der Waals surface area contributed by atoms with Gasteiger partial charge in [-0.2, -0.15) is 0 Å². The topological polar surface area (TPSA) is 95.9 Å². The summed E-state index contributed by atoms with van der Waals surface area (Å²) in [6.45, 7) is 6.37. The fourth-order valence-electron chi connectivity index (χ4n) is 8.21. The molecule has 0 aliphatic heterocycles. The molecule has 0 aromatic carbocycles. The fraction of sp³-hybridized carbons (Fsp3) is 0.855. The molecule has 6 nitrogen and oxygen atoms in total. The van der Waals surface area contributed by atoms with Gasteiger partial charge >= 0.3 is 5.97 Å². The van der Waals surface area contributed by atoms with E-state index >= 15 is 0 Å². The van der Waals surface area contributed by atoms with Crippen LogP contribution >= 0.6 is 0 Å². The molecule has 0 saturated carbocycles. The van der Waals surface area contributed by atoms with Crippen LogP contribution in [0, 0.1) is 0 Å². The molecule has 0 heterocycles. The zero-order valence-electron chi connectivity index (χ0n) is 40.8. The van der Waals surface area contributed by atoms with Crippen molar-refractivity contribution < 1.29 is 24.5 Å². The summed E-state index contributed by atoms with van der Waals surface area (Å²) >= 11 is 0. The number of aliphatic hydroxyl groups excluding tert-OH is 2. The van der Waals surface area contributed by atoms with Gasteiger partial charge in [0.15, 0.2) is 0 Å². The minimum atomic E-state index is -0.786. The van der Waals surface area contributed by atoms with Gasteiger partial charge in [0.05, 0.1) is 25.2 Å². The minimum absolute atomic E-state index is 0.0763. The molecule has 0 bridgehead atoms. The Morgan fingerprint density at radius 1 is 0.492 bits per heavy atom. The molecule has 358 valence electrons. The van der Waals surface area contributed by atoms with Crippen molar-refractivity contribution in [3.05, 3.63) is 36.5 Å². The molecule has 0 rings (SSSR count). The van der Waals surface area contributed by atoms with Crippen LogP contribution in [0.25, 0.3) is 0 Å². The number of hydrogen-bond acceptors (Lipinski definition) is 5. The summed E-state index contributed by atoms with van der Waals surface area (Å²) in [5.41, 5.74) is 0. The molecule has 0 aliphatic carbocycles. The van der Waals surface area contributed by atoms with Gasteiger partial charge in [-0.25, -0.2) is 0 Å². The zero-order chi connectivity index (χ0) is 44.5. The molecule has 0 saturated heterocycles. The monoisotopic (exact) mass is 858 g/mol. The summed E-state index contributed by atoms with van der Waals surface area (Å²) in [4.78, 5) is 26.2. The average Bonchev–Trinajstić information content (AvgIpc) is 3.25. The van der Waals surface area contributed by atoms with Gasteiger partial charge in [-0.3, -0.25) is 9.59 Å². The molecule has 1 amide bonds. The smallest absolute Gasteiger partial charge is 0.306 e. The molecule has 6 heteroatoms. The lowest BCUT2D eigenvalue weighted by Gasteiger charge is -2.24. The van der Waals surface area contributed by atoms with Crippen molar-refractivity contribution in [3.8, 4) is 0 Å². The molecule has 0 radical (unpaired) electrons. The number of rotatable bonds is 48. The number of nitrogens with one attached hydrogen (secondary N) is 1. The number of ether oxygens (including phenoxy) is 1. The highest BCUT2D eigenvalue weighted by atomic mass is 16.5. The van der Waals surface area contributed by atoms with Gasteiger partial charge in [-0.05, 0) is 57.8 Å². The Kier molecular flexibility index (Phi) is 47.6. The predicted molar refractivity (Wildman–Crippen MR) is 264 cm³/mol. The van der Waals surface area contributed by atoms with Crippen LogP contribution in [0.5, 0.6) is 0 Å². The van der Waals surface area contributed by atoms with Crippen LogP contribution in [0.4, 0.5) is 0 Å². The van der Waals surface area contributed by atoms with Gasteiger partial charge in [-0.15, -0.1) is 0 Å². The third-order valence-corrected chi connectivity index (χ3v) is 12.2. The summed E-state index contributed by atoms with van der Waals surface area (Å²) in [5.74, 6) is -0.476. The van der Waals surface area contributed by atoms with Crippen LogP contribution in [-0.2, 0) is 14.3 Å². The predicted octanol–water partition coefficient (Wildman–Crippen LogP) is 16.1. The number of hydrogen-bond donors (Lipinski definition) is 3. The van der Waals surface area contributed by atoms with E-state index in [0.717, 1.165) is 77.0 Å². The molecule has 61 heavy (non-hydrogen) atoms. The highest BCUT2D eigenvalue weighted by Gasteiger charge is 2.24. The quantitative estimate of drug-likeness (QED) is 0.0322. The lowest BCUT2D eigenvalue weighted by molar-refractivity contribution is -0.151. The van der Waals surface area contributed by atoms with E-state index in [9.17, 15) is 19.8 Å². The van der Waals surface area contributed by atoms with Crippen LogP contribution in [0.15, 0.2) is 36.5 Å². The second-order valence-corrected chi connectivity index (χ2v) is 18.3. The summed E-state index contributed by atoms with van der Waals surface area (Å²) in [7, 11) is 0. The molecule has 0 aliphatic rings. The maximum absolute atomic E-state index is 13.2. The molecule has 0 aromatic heterocycles. The lowest BCUT2D eigenvalue weighted by Crippen LogP contribution is -2.46. The van der Waals surface area contributed by atoms with E-state index in [2.05, 4.69) is 62.5 Å². The summed E-state index contributed by atoms with van der Waals surface area (Å²) in [6, 6.07) is -0.700. The zero-order valence-corrected chi connectivity index (χ0v) is 40.8. The van der Waals surface area contributed by atoms with E-state index in [1.165, 1.54) is 154 Å². The average molecular weight is 858 g/mol. The number of allylic oxidation sites excluding steroid dienone is 6. The van der Waals surface area contributed by atoms with Gasteiger partial charge < -0.3 is 20.3 Å². The van der Waals surface area contributed by atoms with E-state index in [1.54, 1.807) is 0 Å². The molecular weight excluding hydrogens is 755 g/mol. The van der Waals surface area contributed by atoms with E-state index in [1.807, 2.05) is 0 Å². The first-order valence-electron chi connectivity index (χ1n) is 26.7. The number of carbonyl (C=O) groups excluding carboxylic acids is 2. The number of amides is 1. The van der Waals surface area contributed by atoms with Crippen molar-refractivity contribution in [1.82, 2.24) is 5.32 Å². The highest BCUT2D eigenvalue weighted by molar-refractivity contribution is 5.77. The Morgan fingerprint density at radius 2 is 0.885 bits per heavy atom. The maximum Gasteiger partial charge on any atom is 0.306 e. The van der Waals surface area contributed by atoms with E-state index in [4.69, 9.17) is 4.74 Å². The van der Waals surface area contributed by atoms with E-state index in [0.29, 0.717) is 19.3 Å². The van der Waals surface area contributed by atoms with Crippen LogP contribution in [-0.4, -0.2) is 46.9 Å².